The summed E-state index contributed by atoms with van der Waals surface area (Å²) in [7, 11) is 0. The molecule has 0 atom stereocenters. The summed E-state index contributed by atoms with van der Waals surface area (Å²) in [6.45, 7) is 17.3. The summed E-state index contributed by atoms with van der Waals surface area (Å²) >= 11 is 0. The largest absolute Gasteiger partial charge is 0.444 e. The Bertz CT molecular complexity index is 457. The Balaban J connectivity index is 1.31. The molecule has 6 nitrogen and oxygen atoms in total. The molecule has 3 fully saturated rings. The van der Waals surface area contributed by atoms with Gasteiger partial charge in [0.15, 0.2) is 0 Å². The van der Waals surface area contributed by atoms with E-state index in [9.17, 15) is 4.79 Å². The molecule has 1 amide bonds. The number of nitrogens with zero attached hydrogens (tertiary/aromatic N) is 3. The molecular formula is C21H40N4O2. The summed E-state index contributed by atoms with van der Waals surface area (Å²) in [5.74, 6) is 1.61. The van der Waals surface area contributed by atoms with E-state index in [4.69, 9.17) is 4.74 Å². The van der Waals surface area contributed by atoms with Crippen molar-refractivity contribution in [3.63, 3.8) is 0 Å². The second kappa shape index (κ2) is 9.57. The van der Waals surface area contributed by atoms with Crippen LogP contribution < -0.4 is 5.32 Å². The van der Waals surface area contributed by atoms with E-state index in [2.05, 4.69) is 15.1 Å². The van der Waals surface area contributed by atoms with Crippen LogP contribution >= 0.6 is 0 Å². The SMILES string of the molecule is CC(C)(C)OC(=O)N1CCC(CN2CCC(CN3CCNCC3)CC2)CC1. The zero-order valence-corrected chi connectivity index (χ0v) is 17.7. The molecule has 3 heterocycles. The highest BCUT2D eigenvalue weighted by atomic mass is 16.6. The first-order chi connectivity index (χ1) is 12.9. The highest BCUT2D eigenvalue weighted by Crippen LogP contribution is 2.24. The number of likely N-dealkylation sites (tertiary alicyclic amines) is 2. The van der Waals surface area contributed by atoms with Crippen LogP contribution in [0.25, 0.3) is 0 Å². The van der Waals surface area contributed by atoms with Gasteiger partial charge in [-0.25, -0.2) is 4.79 Å². The molecule has 156 valence electrons. The molecule has 1 N–H and O–H groups in total. The van der Waals surface area contributed by atoms with E-state index in [0.29, 0.717) is 0 Å². The molecule has 0 spiro atoms. The van der Waals surface area contributed by atoms with Crippen molar-refractivity contribution in [2.45, 2.75) is 52.1 Å². The molecule has 0 aliphatic carbocycles. The summed E-state index contributed by atoms with van der Waals surface area (Å²) in [4.78, 5) is 19.4. The molecule has 0 aromatic rings. The van der Waals surface area contributed by atoms with Crippen molar-refractivity contribution in [1.82, 2.24) is 20.0 Å². The Morgan fingerprint density at radius 1 is 0.852 bits per heavy atom. The predicted octanol–water partition coefficient (Wildman–Crippen LogP) is 2.25. The Hall–Kier alpha value is -0.850. The maximum atomic E-state index is 12.2. The number of carbonyl (C=O) groups is 1. The first-order valence-corrected chi connectivity index (χ1v) is 11.0. The van der Waals surface area contributed by atoms with Crippen molar-refractivity contribution in [3.8, 4) is 0 Å². The number of hydrogen-bond acceptors (Lipinski definition) is 5. The number of hydrogen-bond donors (Lipinski definition) is 1. The molecular weight excluding hydrogens is 340 g/mol. The molecule has 0 aromatic heterocycles. The molecule has 3 rings (SSSR count). The first kappa shape index (κ1) is 20.9. The lowest BCUT2D eigenvalue weighted by Crippen LogP contribution is -2.47. The monoisotopic (exact) mass is 380 g/mol. The van der Waals surface area contributed by atoms with Gasteiger partial charge in [-0.05, 0) is 71.4 Å². The lowest BCUT2D eigenvalue weighted by atomic mass is 9.92. The number of rotatable bonds is 4. The van der Waals surface area contributed by atoms with Crippen LogP contribution in [0.5, 0.6) is 0 Å². The van der Waals surface area contributed by atoms with Crippen molar-refractivity contribution >= 4 is 6.09 Å². The summed E-state index contributed by atoms with van der Waals surface area (Å²) in [6, 6.07) is 0. The molecule has 3 saturated heterocycles. The quantitative estimate of drug-likeness (QED) is 0.811. The standard InChI is InChI=1S/C21H40N4O2/c1-21(2,3)27-20(26)25-12-6-19(7-13-25)16-23-10-4-18(5-11-23)17-24-14-8-22-9-15-24/h18-19,22H,4-17H2,1-3H3. The fraction of sp³-hybridized carbons (Fsp3) is 0.952. The van der Waals surface area contributed by atoms with E-state index in [-0.39, 0.29) is 6.09 Å². The van der Waals surface area contributed by atoms with Crippen LogP contribution in [-0.4, -0.2) is 91.8 Å². The Morgan fingerprint density at radius 3 is 1.85 bits per heavy atom. The van der Waals surface area contributed by atoms with Gasteiger partial charge in [-0.3, -0.25) is 0 Å². The van der Waals surface area contributed by atoms with Gasteiger partial charge in [-0.2, -0.15) is 0 Å². The average molecular weight is 381 g/mol. The third-order valence-electron chi connectivity index (χ3n) is 6.22. The first-order valence-electron chi connectivity index (χ1n) is 11.0. The van der Waals surface area contributed by atoms with Crippen LogP contribution in [0, 0.1) is 11.8 Å². The zero-order valence-electron chi connectivity index (χ0n) is 17.7. The van der Waals surface area contributed by atoms with Crippen LogP contribution in [0.1, 0.15) is 46.5 Å². The van der Waals surface area contributed by atoms with E-state index < -0.39 is 5.60 Å². The van der Waals surface area contributed by atoms with E-state index in [0.717, 1.165) is 50.9 Å². The molecule has 0 unspecified atom stereocenters. The third kappa shape index (κ3) is 6.91. The molecule has 6 heteroatoms. The number of nitrogens with one attached hydrogen (secondary N) is 1. The van der Waals surface area contributed by atoms with Gasteiger partial charge < -0.3 is 24.8 Å². The highest BCUT2D eigenvalue weighted by molar-refractivity contribution is 5.68. The number of piperazine rings is 1. The van der Waals surface area contributed by atoms with Crippen molar-refractivity contribution < 1.29 is 9.53 Å². The van der Waals surface area contributed by atoms with E-state index in [1.54, 1.807) is 0 Å². The minimum atomic E-state index is -0.400. The maximum absolute atomic E-state index is 12.2. The fourth-order valence-corrected chi connectivity index (χ4v) is 4.60. The van der Waals surface area contributed by atoms with Gasteiger partial charge >= 0.3 is 6.09 Å². The molecule has 0 radical (unpaired) electrons. The van der Waals surface area contributed by atoms with Gasteiger partial charge in [0.05, 0.1) is 0 Å². The van der Waals surface area contributed by atoms with Gasteiger partial charge in [0, 0.05) is 52.4 Å². The Kier molecular flexibility index (Phi) is 7.40. The summed E-state index contributed by atoms with van der Waals surface area (Å²) < 4.78 is 5.51. The van der Waals surface area contributed by atoms with Crippen molar-refractivity contribution in [2.75, 3.05) is 65.4 Å². The molecule has 0 aromatic carbocycles. The van der Waals surface area contributed by atoms with Crippen molar-refractivity contribution in [3.05, 3.63) is 0 Å². The van der Waals surface area contributed by atoms with Gasteiger partial charge in [0.1, 0.15) is 5.60 Å². The second-order valence-electron chi connectivity index (χ2n) is 9.71. The summed E-state index contributed by atoms with van der Waals surface area (Å²) in [5, 5.41) is 3.44. The number of ether oxygens (including phenoxy) is 1. The van der Waals surface area contributed by atoms with Crippen LogP contribution in [0.3, 0.4) is 0 Å². The lowest BCUT2D eigenvalue weighted by molar-refractivity contribution is 0.0162. The summed E-state index contributed by atoms with van der Waals surface area (Å²) in [5.41, 5.74) is -0.400. The van der Waals surface area contributed by atoms with Crippen molar-refractivity contribution in [1.29, 1.82) is 0 Å². The van der Waals surface area contributed by atoms with E-state index in [1.165, 1.54) is 52.1 Å². The minimum absolute atomic E-state index is 0.144. The number of piperidine rings is 2. The fourth-order valence-electron chi connectivity index (χ4n) is 4.60. The van der Waals surface area contributed by atoms with Gasteiger partial charge in [0.25, 0.3) is 0 Å². The third-order valence-corrected chi connectivity index (χ3v) is 6.22. The zero-order chi connectivity index (χ0) is 19.3. The van der Waals surface area contributed by atoms with Gasteiger partial charge in [0.2, 0.25) is 0 Å². The van der Waals surface area contributed by atoms with Crippen LogP contribution in [0.2, 0.25) is 0 Å². The maximum Gasteiger partial charge on any atom is 0.410 e. The highest BCUT2D eigenvalue weighted by Gasteiger charge is 2.29. The topological polar surface area (TPSA) is 48.1 Å². The van der Waals surface area contributed by atoms with Crippen molar-refractivity contribution in [2.24, 2.45) is 11.8 Å². The molecule has 3 aliphatic rings. The predicted molar refractivity (Wildman–Crippen MR) is 109 cm³/mol. The number of amides is 1. The van der Waals surface area contributed by atoms with Gasteiger partial charge in [-0.15, -0.1) is 0 Å². The molecule has 0 saturated carbocycles. The Morgan fingerprint density at radius 2 is 1.33 bits per heavy atom. The average Bonchev–Trinajstić information content (AvgIpc) is 2.63. The summed E-state index contributed by atoms with van der Waals surface area (Å²) in [6.07, 6.45) is 4.77. The van der Waals surface area contributed by atoms with E-state index >= 15 is 0 Å². The normalized spacial score (nSPS) is 24.9. The smallest absolute Gasteiger partial charge is 0.410 e. The molecule has 3 aliphatic heterocycles. The molecule has 27 heavy (non-hydrogen) atoms. The van der Waals surface area contributed by atoms with Crippen LogP contribution in [0.15, 0.2) is 0 Å². The molecule has 0 bridgehead atoms. The van der Waals surface area contributed by atoms with Crippen LogP contribution in [0.4, 0.5) is 4.79 Å². The van der Waals surface area contributed by atoms with E-state index in [1.807, 2.05) is 25.7 Å². The van der Waals surface area contributed by atoms with Gasteiger partial charge in [-0.1, -0.05) is 0 Å². The lowest BCUT2D eigenvalue weighted by Gasteiger charge is -2.39. The number of carbonyl (C=O) groups excluding carboxylic acids is 1. The van der Waals surface area contributed by atoms with Crippen LogP contribution in [-0.2, 0) is 4.74 Å². The minimum Gasteiger partial charge on any atom is -0.444 e. The second-order valence-corrected chi connectivity index (χ2v) is 9.71. The Labute approximate surface area is 165 Å².